The lowest BCUT2D eigenvalue weighted by molar-refractivity contribution is -0.140. The van der Waals surface area contributed by atoms with Crippen molar-refractivity contribution in [1.29, 1.82) is 0 Å². The summed E-state index contributed by atoms with van der Waals surface area (Å²) in [6.07, 6.45) is 5.75. The summed E-state index contributed by atoms with van der Waals surface area (Å²) in [5, 5.41) is 3.46. The van der Waals surface area contributed by atoms with E-state index in [1.807, 2.05) is 24.0 Å². The summed E-state index contributed by atoms with van der Waals surface area (Å²) >= 11 is 0. The molecule has 28 heavy (non-hydrogen) atoms. The Hall–Kier alpha value is -2.08. The molecule has 6 heteroatoms. The van der Waals surface area contributed by atoms with E-state index in [0.29, 0.717) is 37.4 Å². The van der Waals surface area contributed by atoms with Gasteiger partial charge in [-0.1, -0.05) is 42.5 Å². The van der Waals surface area contributed by atoms with E-state index in [9.17, 15) is 18.0 Å². The van der Waals surface area contributed by atoms with Crippen LogP contribution in [-0.2, 0) is 11.0 Å². The number of piperidine rings is 1. The molecular weight excluding hydrogens is 365 g/mol. The highest BCUT2D eigenvalue weighted by molar-refractivity contribution is 5.86. The number of halogens is 3. The first-order valence-corrected chi connectivity index (χ1v) is 9.86. The van der Waals surface area contributed by atoms with Gasteiger partial charge in [0, 0.05) is 19.1 Å². The van der Waals surface area contributed by atoms with Gasteiger partial charge in [-0.2, -0.15) is 13.2 Å². The third-order valence-corrected chi connectivity index (χ3v) is 6.34. The van der Waals surface area contributed by atoms with E-state index in [1.54, 1.807) is 12.1 Å². The number of amides is 1. The predicted octanol–water partition coefficient (Wildman–Crippen LogP) is 4.27. The van der Waals surface area contributed by atoms with Gasteiger partial charge in [0.2, 0.25) is 5.91 Å². The summed E-state index contributed by atoms with van der Waals surface area (Å²) < 4.78 is 40.0. The zero-order chi connectivity index (χ0) is 19.9. The molecule has 2 heterocycles. The molecular formula is C22H25F3N2O. The van der Waals surface area contributed by atoms with Gasteiger partial charge in [-0.05, 0) is 49.7 Å². The summed E-state index contributed by atoms with van der Waals surface area (Å²) in [4.78, 5) is 15.0. The highest BCUT2D eigenvalue weighted by Crippen LogP contribution is 2.40. The lowest BCUT2D eigenvalue weighted by Gasteiger charge is -2.37. The maximum absolute atomic E-state index is 13.3. The Bertz CT molecular complexity index is 786. The number of alkyl halides is 3. The number of nitrogens with zero attached hydrogens (tertiary/aromatic N) is 1. The van der Waals surface area contributed by atoms with E-state index in [-0.39, 0.29) is 17.9 Å². The number of benzene rings is 1. The van der Waals surface area contributed by atoms with Crippen LogP contribution < -0.4 is 5.32 Å². The smallest absolute Gasteiger partial charge is 0.341 e. The quantitative estimate of drug-likeness (QED) is 0.818. The highest BCUT2D eigenvalue weighted by atomic mass is 19.4. The van der Waals surface area contributed by atoms with Crippen molar-refractivity contribution < 1.29 is 18.0 Å². The molecule has 2 fully saturated rings. The molecule has 3 atom stereocenters. The van der Waals surface area contributed by atoms with Crippen molar-refractivity contribution in [2.24, 2.45) is 5.92 Å². The van der Waals surface area contributed by atoms with Crippen molar-refractivity contribution in [3.8, 4) is 0 Å². The fourth-order valence-corrected chi connectivity index (χ4v) is 4.90. The number of fused-ring (bicyclic) bond motifs is 1. The highest BCUT2D eigenvalue weighted by Gasteiger charge is 2.47. The molecule has 0 aromatic heterocycles. The van der Waals surface area contributed by atoms with Crippen molar-refractivity contribution in [1.82, 2.24) is 10.2 Å². The Balaban J connectivity index is 1.43. The number of carbonyl (C=O) groups excluding carboxylic acids is 1. The number of likely N-dealkylation sites (tertiary alicyclic amines) is 1. The molecule has 0 spiro atoms. The first-order chi connectivity index (χ1) is 13.3. The van der Waals surface area contributed by atoms with Crippen LogP contribution in [-0.4, -0.2) is 35.5 Å². The molecule has 4 rings (SSSR count). The molecule has 3 aliphatic rings. The average molecular weight is 390 g/mol. The molecule has 3 unspecified atom stereocenters. The van der Waals surface area contributed by atoms with Gasteiger partial charge in [0.25, 0.3) is 0 Å². The molecule has 1 aliphatic carbocycles. The maximum Gasteiger partial charge on any atom is 0.416 e. The molecule has 1 aromatic carbocycles. The standard InChI is InChI=1S/C22H25F3N2O/c1-21(14-16-6-2-5-9-19(16)26-21)20(28)27-12-10-15(11-13-27)17-7-3-4-8-18(17)22(23,24)25/h2-9,15-16,19,26H,10-14H2,1H3. The van der Waals surface area contributed by atoms with Crippen LogP contribution in [0.15, 0.2) is 48.6 Å². The summed E-state index contributed by atoms with van der Waals surface area (Å²) in [6, 6.07) is 6.00. The molecule has 3 nitrogen and oxygen atoms in total. The minimum Gasteiger partial charge on any atom is -0.341 e. The van der Waals surface area contributed by atoms with Crippen LogP contribution in [0, 0.1) is 5.92 Å². The van der Waals surface area contributed by atoms with Crippen molar-refractivity contribution in [3.63, 3.8) is 0 Å². The lowest BCUT2D eigenvalue weighted by atomic mass is 9.85. The number of allylic oxidation sites excluding steroid dienone is 2. The SMILES string of the molecule is CC1(C(=O)N2CCC(c3ccccc3C(F)(F)F)CC2)CC2C=CC=CC2N1. The third kappa shape index (κ3) is 3.50. The molecule has 150 valence electrons. The number of nitrogens with one attached hydrogen (secondary N) is 1. The Morgan fingerprint density at radius 3 is 2.50 bits per heavy atom. The van der Waals surface area contributed by atoms with Crippen LogP contribution in [0.4, 0.5) is 13.2 Å². The van der Waals surface area contributed by atoms with Crippen molar-refractivity contribution in [2.45, 2.75) is 49.9 Å². The Morgan fingerprint density at radius 1 is 1.14 bits per heavy atom. The third-order valence-electron chi connectivity index (χ3n) is 6.34. The Labute approximate surface area is 163 Å². The fourth-order valence-electron chi connectivity index (χ4n) is 4.90. The minimum atomic E-state index is -4.35. The number of rotatable bonds is 2. The van der Waals surface area contributed by atoms with E-state index in [0.717, 1.165) is 12.5 Å². The number of hydrogen-bond acceptors (Lipinski definition) is 2. The molecule has 2 saturated heterocycles. The maximum atomic E-state index is 13.3. The summed E-state index contributed by atoms with van der Waals surface area (Å²) in [7, 11) is 0. The van der Waals surface area contributed by atoms with Crippen LogP contribution in [0.3, 0.4) is 0 Å². The molecule has 1 amide bonds. The van der Waals surface area contributed by atoms with Gasteiger partial charge < -0.3 is 4.90 Å². The molecule has 0 bridgehead atoms. The van der Waals surface area contributed by atoms with E-state index >= 15 is 0 Å². The van der Waals surface area contributed by atoms with Gasteiger partial charge in [-0.25, -0.2) is 0 Å². The number of carbonyl (C=O) groups is 1. The van der Waals surface area contributed by atoms with Crippen molar-refractivity contribution in [3.05, 3.63) is 59.7 Å². The zero-order valence-electron chi connectivity index (χ0n) is 15.9. The van der Waals surface area contributed by atoms with E-state index in [2.05, 4.69) is 17.5 Å². The minimum absolute atomic E-state index is 0.0613. The van der Waals surface area contributed by atoms with Gasteiger partial charge in [0.1, 0.15) is 0 Å². The molecule has 1 aromatic rings. The van der Waals surface area contributed by atoms with Crippen LogP contribution >= 0.6 is 0 Å². The van der Waals surface area contributed by atoms with Crippen LogP contribution in [0.5, 0.6) is 0 Å². The molecule has 2 aliphatic heterocycles. The van der Waals surface area contributed by atoms with Gasteiger partial charge in [-0.3, -0.25) is 10.1 Å². The largest absolute Gasteiger partial charge is 0.416 e. The van der Waals surface area contributed by atoms with Crippen LogP contribution in [0.1, 0.15) is 43.2 Å². The Kier molecular flexibility index (Phi) is 4.86. The molecule has 1 N–H and O–H groups in total. The second kappa shape index (κ2) is 7.07. The van der Waals surface area contributed by atoms with Gasteiger partial charge >= 0.3 is 6.18 Å². The van der Waals surface area contributed by atoms with E-state index in [4.69, 9.17) is 0 Å². The predicted molar refractivity (Wildman–Crippen MR) is 102 cm³/mol. The van der Waals surface area contributed by atoms with Gasteiger partial charge in [-0.15, -0.1) is 0 Å². The van der Waals surface area contributed by atoms with Gasteiger partial charge in [0.05, 0.1) is 11.1 Å². The lowest BCUT2D eigenvalue weighted by Crippen LogP contribution is -2.55. The van der Waals surface area contributed by atoms with Crippen LogP contribution in [0.2, 0.25) is 0 Å². The van der Waals surface area contributed by atoms with E-state index in [1.165, 1.54) is 6.07 Å². The Morgan fingerprint density at radius 2 is 1.82 bits per heavy atom. The van der Waals surface area contributed by atoms with E-state index < -0.39 is 17.3 Å². The monoisotopic (exact) mass is 390 g/mol. The number of hydrogen-bond donors (Lipinski definition) is 1. The average Bonchev–Trinajstić information content (AvgIpc) is 3.04. The molecule has 0 radical (unpaired) electrons. The fraction of sp³-hybridized carbons (Fsp3) is 0.500. The zero-order valence-corrected chi connectivity index (χ0v) is 15.9. The summed E-state index contributed by atoms with van der Waals surface area (Å²) in [6.45, 7) is 2.93. The van der Waals surface area contributed by atoms with Crippen molar-refractivity contribution in [2.75, 3.05) is 13.1 Å². The normalized spacial score (nSPS) is 30.5. The molecule has 0 saturated carbocycles. The summed E-state index contributed by atoms with van der Waals surface area (Å²) in [5.74, 6) is 0.209. The van der Waals surface area contributed by atoms with Gasteiger partial charge in [0.15, 0.2) is 0 Å². The van der Waals surface area contributed by atoms with Crippen molar-refractivity contribution >= 4 is 5.91 Å². The van der Waals surface area contributed by atoms with Crippen LogP contribution in [0.25, 0.3) is 0 Å². The second-order valence-corrected chi connectivity index (χ2v) is 8.29. The second-order valence-electron chi connectivity index (χ2n) is 8.29. The first-order valence-electron chi connectivity index (χ1n) is 9.86. The first kappa shape index (κ1) is 19.2. The summed E-state index contributed by atoms with van der Waals surface area (Å²) in [5.41, 5.74) is -0.814. The topological polar surface area (TPSA) is 32.3 Å².